The average molecular weight is 313 g/mol. The van der Waals surface area contributed by atoms with Crippen molar-refractivity contribution < 1.29 is 0 Å². The van der Waals surface area contributed by atoms with Crippen molar-refractivity contribution in [1.82, 2.24) is 5.32 Å². The quantitative estimate of drug-likeness (QED) is 0.877. The maximum absolute atomic E-state index is 3.67. The van der Waals surface area contributed by atoms with E-state index in [-0.39, 0.29) is 5.54 Å². The molecule has 1 aromatic carbocycles. The van der Waals surface area contributed by atoms with Crippen molar-refractivity contribution >= 4 is 21.6 Å². The molecule has 1 N–H and O–H groups in total. The number of nitrogens with zero attached hydrogens (tertiary/aromatic N) is 1. The Morgan fingerprint density at radius 1 is 1.28 bits per heavy atom. The molecule has 0 atom stereocenters. The normalized spacial score (nSPS) is 11.7. The van der Waals surface area contributed by atoms with Gasteiger partial charge in [-0.25, -0.2) is 0 Å². The second kappa shape index (κ2) is 6.58. The zero-order valence-corrected chi connectivity index (χ0v) is 13.8. The van der Waals surface area contributed by atoms with E-state index in [0.29, 0.717) is 0 Å². The van der Waals surface area contributed by atoms with Crippen molar-refractivity contribution in [2.75, 3.05) is 18.5 Å². The first-order valence-corrected chi connectivity index (χ1v) is 7.37. The summed E-state index contributed by atoms with van der Waals surface area (Å²) in [5.74, 6) is 0. The van der Waals surface area contributed by atoms with Gasteiger partial charge in [0.05, 0.1) is 5.69 Å². The molecule has 18 heavy (non-hydrogen) atoms. The Hall–Kier alpha value is -0.540. The first-order valence-electron chi connectivity index (χ1n) is 6.58. The number of hydrogen-bond donors (Lipinski definition) is 1. The monoisotopic (exact) mass is 312 g/mol. The molecule has 0 radical (unpaired) electrons. The molecule has 0 spiro atoms. The fraction of sp³-hybridized carbons (Fsp3) is 0.600. The summed E-state index contributed by atoms with van der Waals surface area (Å²) in [6, 6.07) is 6.60. The molecule has 0 aliphatic rings. The molecule has 0 bridgehead atoms. The third kappa shape index (κ3) is 4.99. The van der Waals surface area contributed by atoms with E-state index in [1.165, 1.54) is 15.7 Å². The summed E-state index contributed by atoms with van der Waals surface area (Å²) < 4.78 is 1.17. The highest BCUT2D eigenvalue weighted by Gasteiger charge is 2.10. The second-order valence-corrected chi connectivity index (χ2v) is 6.67. The fourth-order valence-corrected chi connectivity index (χ4v) is 2.52. The molecule has 1 aromatic rings. The minimum Gasteiger partial charge on any atom is -0.374 e. The fourth-order valence-electron chi connectivity index (χ4n) is 1.79. The summed E-state index contributed by atoms with van der Waals surface area (Å²) in [7, 11) is 2.14. The minimum absolute atomic E-state index is 0.157. The average Bonchev–Trinajstić information content (AvgIpc) is 2.25. The third-order valence-corrected chi connectivity index (χ3v) is 3.44. The lowest BCUT2D eigenvalue weighted by atomic mass is 10.1. The zero-order valence-electron chi connectivity index (χ0n) is 12.2. The van der Waals surface area contributed by atoms with E-state index in [4.69, 9.17) is 0 Å². The lowest BCUT2D eigenvalue weighted by Gasteiger charge is -2.22. The first-order chi connectivity index (χ1) is 8.33. The molecule has 0 unspecified atom stereocenters. The Labute approximate surface area is 120 Å². The van der Waals surface area contributed by atoms with Gasteiger partial charge in [-0.05, 0) is 60.8 Å². The van der Waals surface area contributed by atoms with Crippen molar-refractivity contribution in [2.24, 2.45) is 0 Å². The van der Waals surface area contributed by atoms with Crippen LogP contribution in [-0.2, 0) is 6.54 Å². The van der Waals surface area contributed by atoms with Crippen LogP contribution in [0.25, 0.3) is 0 Å². The topological polar surface area (TPSA) is 15.3 Å². The molecule has 2 nitrogen and oxygen atoms in total. The minimum atomic E-state index is 0.157. The van der Waals surface area contributed by atoms with Gasteiger partial charge in [0.15, 0.2) is 0 Å². The molecule has 0 amide bonds. The van der Waals surface area contributed by atoms with Crippen LogP contribution in [0, 0.1) is 0 Å². The summed E-state index contributed by atoms with van der Waals surface area (Å²) in [6.45, 7) is 10.7. The van der Waals surface area contributed by atoms with E-state index in [1.54, 1.807) is 0 Å². The van der Waals surface area contributed by atoms with Crippen LogP contribution in [-0.4, -0.2) is 19.1 Å². The maximum atomic E-state index is 3.67. The van der Waals surface area contributed by atoms with Crippen molar-refractivity contribution in [1.29, 1.82) is 0 Å². The smallest absolute Gasteiger partial charge is 0.0508 e. The molecular formula is C15H25BrN2. The van der Waals surface area contributed by atoms with Gasteiger partial charge in [-0.3, -0.25) is 0 Å². The van der Waals surface area contributed by atoms with E-state index in [0.717, 1.165) is 19.5 Å². The number of hydrogen-bond acceptors (Lipinski definition) is 2. The van der Waals surface area contributed by atoms with E-state index in [1.807, 2.05) is 0 Å². The molecule has 0 heterocycles. The molecule has 0 aromatic heterocycles. The standard InChI is InChI=1S/C15H25BrN2/c1-6-9-18(5)14-8-7-12(10-13(14)16)11-17-15(2,3)4/h7-8,10,17H,6,9,11H2,1-5H3. The second-order valence-electron chi connectivity index (χ2n) is 5.81. The molecule has 1 rings (SSSR count). The molecule has 0 fully saturated rings. The molecule has 3 heteroatoms. The van der Waals surface area contributed by atoms with Crippen LogP contribution < -0.4 is 10.2 Å². The van der Waals surface area contributed by atoms with Crippen LogP contribution >= 0.6 is 15.9 Å². The lowest BCUT2D eigenvalue weighted by Crippen LogP contribution is -2.35. The number of rotatable bonds is 5. The highest BCUT2D eigenvalue weighted by atomic mass is 79.9. The van der Waals surface area contributed by atoms with E-state index < -0.39 is 0 Å². The highest BCUT2D eigenvalue weighted by Crippen LogP contribution is 2.26. The van der Waals surface area contributed by atoms with Crippen LogP contribution in [0.3, 0.4) is 0 Å². The van der Waals surface area contributed by atoms with Crippen LogP contribution in [0.4, 0.5) is 5.69 Å². The maximum Gasteiger partial charge on any atom is 0.0508 e. The van der Waals surface area contributed by atoms with Gasteiger partial charge in [-0.15, -0.1) is 0 Å². The Bertz CT molecular complexity index is 383. The lowest BCUT2D eigenvalue weighted by molar-refractivity contribution is 0.424. The van der Waals surface area contributed by atoms with Crippen molar-refractivity contribution in [3.8, 4) is 0 Å². The van der Waals surface area contributed by atoms with Gasteiger partial charge in [0.1, 0.15) is 0 Å². The summed E-state index contributed by atoms with van der Waals surface area (Å²) in [6.07, 6.45) is 1.16. The van der Waals surface area contributed by atoms with Gasteiger partial charge in [0.25, 0.3) is 0 Å². The van der Waals surface area contributed by atoms with Gasteiger partial charge in [-0.1, -0.05) is 13.0 Å². The SMILES string of the molecule is CCCN(C)c1ccc(CNC(C)(C)C)cc1Br. The first kappa shape index (κ1) is 15.5. The van der Waals surface area contributed by atoms with Crippen molar-refractivity contribution in [3.05, 3.63) is 28.2 Å². The highest BCUT2D eigenvalue weighted by molar-refractivity contribution is 9.10. The van der Waals surface area contributed by atoms with Crippen LogP contribution in [0.2, 0.25) is 0 Å². The molecule has 0 saturated carbocycles. The van der Waals surface area contributed by atoms with Crippen LogP contribution in [0.5, 0.6) is 0 Å². The summed E-state index contributed by atoms with van der Waals surface area (Å²) in [5, 5.41) is 3.50. The number of benzene rings is 1. The van der Waals surface area contributed by atoms with Crippen molar-refractivity contribution in [2.45, 2.75) is 46.2 Å². The molecule has 0 aliphatic carbocycles. The summed E-state index contributed by atoms with van der Waals surface area (Å²) in [5.41, 5.74) is 2.73. The Kier molecular flexibility index (Phi) is 5.67. The Morgan fingerprint density at radius 2 is 1.94 bits per heavy atom. The zero-order chi connectivity index (χ0) is 13.8. The molecule has 0 aliphatic heterocycles. The van der Waals surface area contributed by atoms with Gasteiger partial charge >= 0.3 is 0 Å². The predicted molar refractivity (Wildman–Crippen MR) is 84.3 cm³/mol. The molecular weight excluding hydrogens is 288 g/mol. The van der Waals surface area contributed by atoms with Gasteiger partial charge in [-0.2, -0.15) is 0 Å². The van der Waals surface area contributed by atoms with Crippen LogP contribution in [0.1, 0.15) is 39.7 Å². The molecule has 102 valence electrons. The Morgan fingerprint density at radius 3 is 2.44 bits per heavy atom. The third-order valence-electron chi connectivity index (χ3n) is 2.81. The molecule has 0 saturated heterocycles. The van der Waals surface area contributed by atoms with Crippen LogP contribution in [0.15, 0.2) is 22.7 Å². The largest absolute Gasteiger partial charge is 0.374 e. The summed E-state index contributed by atoms with van der Waals surface area (Å²) in [4.78, 5) is 2.28. The van der Waals surface area contributed by atoms with E-state index in [9.17, 15) is 0 Å². The van der Waals surface area contributed by atoms with Gasteiger partial charge < -0.3 is 10.2 Å². The Balaban J connectivity index is 2.73. The summed E-state index contributed by atoms with van der Waals surface area (Å²) >= 11 is 3.67. The number of nitrogens with one attached hydrogen (secondary N) is 1. The van der Waals surface area contributed by atoms with Gasteiger partial charge in [0, 0.05) is 30.1 Å². The van der Waals surface area contributed by atoms with E-state index in [2.05, 4.69) is 79.1 Å². The number of halogens is 1. The van der Waals surface area contributed by atoms with Crippen molar-refractivity contribution in [3.63, 3.8) is 0 Å². The van der Waals surface area contributed by atoms with Gasteiger partial charge in [0.2, 0.25) is 0 Å². The number of anilines is 1. The van der Waals surface area contributed by atoms with E-state index >= 15 is 0 Å². The predicted octanol–water partition coefficient (Wildman–Crippen LogP) is 4.18.